The van der Waals surface area contributed by atoms with Crippen molar-refractivity contribution in [3.63, 3.8) is 0 Å². The van der Waals surface area contributed by atoms with Crippen molar-refractivity contribution >= 4 is 5.84 Å². The number of nitrogens with two attached hydrogens (primary N) is 1. The van der Waals surface area contributed by atoms with E-state index in [0.717, 1.165) is 12.1 Å². The Morgan fingerprint density at radius 2 is 1.75 bits per heavy atom. The maximum absolute atomic E-state index is 13.9. The Labute approximate surface area is 113 Å². The average Bonchev–Trinajstić information content (AvgIpc) is 2.36. The molecule has 0 fully saturated rings. The SMILES string of the molecule is N=C(N)c1cccc(COc2cc(F)cc(F)c2)c1F. The van der Waals surface area contributed by atoms with E-state index in [1.807, 2.05) is 0 Å². The Balaban J connectivity index is 2.19. The monoisotopic (exact) mass is 280 g/mol. The number of hydrogen-bond donors (Lipinski definition) is 2. The number of hydrogen-bond acceptors (Lipinski definition) is 2. The Hall–Kier alpha value is -2.50. The molecule has 3 nitrogen and oxygen atoms in total. The molecule has 0 aliphatic carbocycles. The molecule has 0 saturated heterocycles. The molecule has 2 aromatic rings. The first kappa shape index (κ1) is 13.9. The van der Waals surface area contributed by atoms with E-state index >= 15 is 0 Å². The smallest absolute Gasteiger partial charge is 0.140 e. The van der Waals surface area contributed by atoms with Crippen LogP contribution in [0.2, 0.25) is 0 Å². The first-order valence-electron chi connectivity index (χ1n) is 5.68. The summed E-state index contributed by atoms with van der Waals surface area (Å²) in [6.07, 6.45) is 0. The Morgan fingerprint density at radius 1 is 1.10 bits per heavy atom. The molecular formula is C14H11F3N2O. The van der Waals surface area contributed by atoms with Crippen molar-refractivity contribution < 1.29 is 17.9 Å². The molecule has 0 heterocycles. The molecule has 0 radical (unpaired) electrons. The molecule has 104 valence electrons. The fourth-order valence-corrected chi connectivity index (χ4v) is 1.67. The van der Waals surface area contributed by atoms with Gasteiger partial charge in [0.25, 0.3) is 0 Å². The van der Waals surface area contributed by atoms with Crippen LogP contribution >= 0.6 is 0 Å². The van der Waals surface area contributed by atoms with Crippen molar-refractivity contribution in [3.05, 3.63) is 65.0 Å². The van der Waals surface area contributed by atoms with Crippen molar-refractivity contribution in [3.8, 4) is 5.75 Å². The molecule has 0 unspecified atom stereocenters. The van der Waals surface area contributed by atoms with Crippen molar-refractivity contribution in [2.45, 2.75) is 6.61 Å². The lowest BCUT2D eigenvalue weighted by Crippen LogP contribution is -2.14. The van der Waals surface area contributed by atoms with E-state index in [-0.39, 0.29) is 23.5 Å². The molecule has 0 aliphatic rings. The number of ether oxygens (including phenoxy) is 1. The second-order valence-corrected chi connectivity index (χ2v) is 4.09. The fraction of sp³-hybridized carbons (Fsp3) is 0.0714. The Bertz CT molecular complexity index is 639. The van der Waals surface area contributed by atoms with E-state index in [0.29, 0.717) is 6.07 Å². The van der Waals surface area contributed by atoms with Crippen LogP contribution in [-0.2, 0) is 6.61 Å². The molecule has 0 atom stereocenters. The van der Waals surface area contributed by atoms with Gasteiger partial charge in [-0.2, -0.15) is 0 Å². The summed E-state index contributed by atoms with van der Waals surface area (Å²) in [7, 11) is 0. The Morgan fingerprint density at radius 3 is 2.35 bits per heavy atom. The van der Waals surface area contributed by atoms with Crippen LogP contribution in [0.1, 0.15) is 11.1 Å². The number of nitrogen functional groups attached to an aromatic ring is 1. The van der Waals surface area contributed by atoms with Crippen molar-refractivity contribution in [1.82, 2.24) is 0 Å². The third-order valence-electron chi connectivity index (χ3n) is 2.60. The van der Waals surface area contributed by atoms with Gasteiger partial charge in [0.1, 0.15) is 35.6 Å². The Kier molecular flexibility index (Phi) is 3.93. The van der Waals surface area contributed by atoms with Crippen LogP contribution < -0.4 is 10.5 Å². The molecule has 0 aliphatic heterocycles. The minimum atomic E-state index is -0.780. The van der Waals surface area contributed by atoms with Crippen LogP contribution in [0.15, 0.2) is 36.4 Å². The van der Waals surface area contributed by atoms with Gasteiger partial charge in [-0.3, -0.25) is 5.41 Å². The first-order chi connectivity index (χ1) is 9.47. The van der Waals surface area contributed by atoms with Gasteiger partial charge in [0.05, 0.1) is 5.56 Å². The maximum Gasteiger partial charge on any atom is 0.140 e. The number of nitrogens with one attached hydrogen (secondary N) is 1. The van der Waals surface area contributed by atoms with Gasteiger partial charge >= 0.3 is 0 Å². The number of benzene rings is 2. The zero-order chi connectivity index (χ0) is 14.7. The van der Waals surface area contributed by atoms with Crippen LogP contribution in [-0.4, -0.2) is 5.84 Å². The molecule has 0 amide bonds. The van der Waals surface area contributed by atoms with Crippen LogP contribution in [0, 0.1) is 22.9 Å². The first-order valence-corrected chi connectivity index (χ1v) is 5.68. The second kappa shape index (κ2) is 5.64. The van der Waals surface area contributed by atoms with Gasteiger partial charge < -0.3 is 10.5 Å². The van der Waals surface area contributed by atoms with E-state index < -0.39 is 23.3 Å². The molecule has 3 N–H and O–H groups in total. The highest BCUT2D eigenvalue weighted by Crippen LogP contribution is 2.19. The largest absolute Gasteiger partial charge is 0.489 e. The van der Waals surface area contributed by atoms with Gasteiger partial charge in [0.15, 0.2) is 0 Å². The van der Waals surface area contributed by atoms with Crippen LogP contribution in [0.3, 0.4) is 0 Å². The zero-order valence-corrected chi connectivity index (χ0v) is 10.3. The van der Waals surface area contributed by atoms with E-state index in [4.69, 9.17) is 15.9 Å². The standard InChI is InChI=1S/C14H11F3N2O/c15-9-4-10(16)6-11(5-9)20-7-8-2-1-3-12(13(8)17)14(18)19/h1-6H,7H2,(H3,18,19). The molecule has 20 heavy (non-hydrogen) atoms. The van der Waals surface area contributed by atoms with Gasteiger partial charge in [0, 0.05) is 23.8 Å². The second-order valence-electron chi connectivity index (χ2n) is 4.09. The number of amidine groups is 1. The number of halogens is 3. The van der Waals surface area contributed by atoms with Gasteiger partial charge in [0.2, 0.25) is 0 Å². The molecule has 2 rings (SSSR count). The summed E-state index contributed by atoms with van der Waals surface area (Å²) >= 11 is 0. The van der Waals surface area contributed by atoms with E-state index in [2.05, 4.69) is 0 Å². The predicted molar refractivity (Wildman–Crippen MR) is 68.1 cm³/mol. The van der Waals surface area contributed by atoms with Gasteiger partial charge in [-0.1, -0.05) is 12.1 Å². The summed E-state index contributed by atoms with van der Waals surface area (Å²) in [5.41, 5.74) is 5.33. The summed E-state index contributed by atoms with van der Waals surface area (Å²) in [5, 5.41) is 7.22. The highest BCUT2D eigenvalue weighted by atomic mass is 19.1. The third-order valence-corrected chi connectivity index (χ3v) is 2.60. The normalized spacial score (nSPS) is 10.3. The lowest BCUT2D eigenvalue weighted by atomic mass is 10.1. The molecule has 0 aromatic heterocycles. The average molecular weight is 280 g/mol. The highest BCUT2D eigenvalue weighted by molar-refractivity contribution is 5.95. The van der Waals surface area contributed by atoms with Crippen molar-refractivity contribution in [1.29, 1.82) is 5.41 Å². The third kappa shape index (κ3) is 3.09. The van der Waals surface area contributed by atoms with E-state index in [9.17, 15) is 13.2 Å². The topological polar surface area (TPSA) is 59.1 Å². The molecule has 6 heteroatoms. The van der Waals surface area contributed by atoms with E-state index in [1.165, 1.54) is 18.2 Å². The van der Waals surface area contributed by atoms with Crippen molar-refractivity contribution in [2.75, 3.05) is 0 Å². The zero-order valence-electron chi connectivity index (χ0n) is 10.3. The van der Waals surface area contributed by atoms with Gasteiger partial charge in [-0.25, -0.2) is 13.2 Å². The predicted octanol–water partition coefficient (Wildman–Crippen LogP) is 2.97. The van der Waals surface area contributed by atoms with E-state index in [1.54, 1.807) is 0 Å². The van der Waals surface area contributed by atoms with Crippen LogP contribution in [0.4, 0.5) is 13.2 Å². The summed E-state index contributed by atoms with van der Waals surface area (Å²) in [4.78, 5) is 0. The molecular weight excluding hydrogens is 269 g/mol. The van der Waals surface area contributed by atoms with Crippen molar-refractivity contribution in [2.24, 2.45) is 5.73 Å². The molecule has 0 saturated carbocycles. The lowest BCUT2D eigenvalue weighted by Gasteiger charge is -2.09. The molecule has 0 bridgehead atoms. The minimum Gasteiger partial charge on any atom is -0.489 e. The molecule has 2 aromatic carbocycles. The minimum absolute atomic E-state index is 0.0449. The van der Waals surface area contributed by atoms with Gasteiger partial charge in [-0.15, -0.1) is 0 Å². The quantitative estimate of drug-likeness (QED) is 0.668. The summed E-state index contributed by atoms with van der Waals surface area (Å²) in [6.45, 7) is -0.226. The maximum atomic E-state index is 13.9. The van der Waals surface area contributed by atoms with Gasteiger partial charge in [-0.05, 0) is 6.07 Å². The fourth-order valence-electron chi connectivity index (χ4n) is 1.67. The number of rotatable bonds is 4. The lowest BCUT2D eigenvalue weighted by molar-refractivity contribution is 0.296. The summed E-state index contributed by atoms with van der Waals surface area (Å²) in [6, 6.07) is 7.03. The van der Waals surface area contributed by atoms with Crippen LogP contribution in [0.5, 0.6) is 5.75 Å². The van der Waals surface area contributed by atoms with Crippen LogP contribution in [0.25, 0.3) is 0 Å². The summed E-state index contributed by atoms with van der Waals surface area (Å²) < 4.78 is 45.0. The summed E-state index contributed by atoms with van der Waals surface area (Å²) in [5.74, 6) is -2.69. The highest BCUT2D eigenvalue weighted by Gasteiger charge is 2.11. The molecule has 0 spiro atoms.